The number of hydrogen-bond acceptors (Lipinski definition) is 32. The van der Waals surface area contributed by atoms with Crippen molar-refractivity contribution in [1.82, 2.24) is 9.55 Å². The van der Waals surface area contributed by atoms with Crippen LogP contribution in [0.3, 0.4) is 0 Å². The number of aliphatic hydroxyl groups is 6. The first-order valence-corrected chi connectivity index (χ1v) is 39.6. The average Bonchev–Trinajstić information content (AvgIpc) is 1.18. The molecule has 0 radical (unpaired) electrons. The third-order valence-corrected chi connectivity index (χ3v) is 21.6. The maximum Gasteiger partial charge on any atom is 0.472 e. The Bertz CT molecular complexity index is 3750. The number of nitrogens with zero attached hydrogens (tertiary/aromatic N) is 9. The number of benzene rings is 1. The van der Waals surface area contributed by atoms with Crippen LogP contribution in [0.5, 0.6) is 5.75 Å². The van der Waals surface area contributed by atoms with E-state index in [1.54, 1.807) is 20.8 Å². The van der Waals surface area contributed by atoms with E-state index in [9.17, 15) is 59.3 Å². The molecule has 1 amide bonds. The molecule has 5 heterocycles. The Morgan fingerprint density at radius 1 is 0.718 bits per heavy atom. The number of aryl methyl sites for hydroxylation is 1. The minimum atomic E-state index is -4.71. The number of rotatable bonds is 38. The normalized spacial score (nSPS) is 30.9. The second-order valence-corrected chi connectivity index (χ2v) is 32.2. The molecule has 2 aromatic rings. The van der Waals surface area contributed by atoms with E-state index in [0.717, 1.165) is 4.57 Å². The molecule has 0 spiro atoms. The average molecular weight is 1640 g/mol. The summed E-state index contributed by atoms with van der Waals surface area (Å²) in [5, 5.41) is 82.4. The molecule has 23 atom stereocenters. The molecule has 5 aliphatic rings. The van der Waals surface area contributed by atoms with Crippen molar-refractivity contribution >= 4 is 88.7 Å². The fourth-order valence-electron chi connectivity index (χ4n) is 12.1. The molecule has 10 unspecified atom stereocenters. The molecule has 7 rings (SSSR count). The number of amides is 1. The number of phosphoric ester groups is 1. The number of aliphatic hydroxyl groups excluding tert-OH is 6. The van der Waals surface area contributed by atoms with Crippen molar-refractivity contribution in [3.63, 3.8) is 0 Å². The molecule has 4 saturated heterocycles. The number of thioether (sulfide) groups is 1. The highest BCUT2D eigenvalue weighted by atomic mass is 33.1. The summed E-state index contributed by atoms with van der Waals surface area (Å²) < 4.78 is 85.3. The molecule has 616 valence electrons. The van der Waals surface area contributed by atoms with Gasteiger partial charge in [0.15, 0.2) is 42.7 Å². The molecular formula is C61H100N21O24PS3. The number of nitrogens with one attached hydrogen (secondary N) is 2. The summed E-state index contributed by atoms with van der Waals surface area (Å²) in [4.78, 5) is 85.2. The van der Waals surface area contributed by atoms with Gasteiger partial charge in [0.25, 0.3) is 5.56 Å². The van der Waals surface area contributed by atoms with Crippen LogP contribution in [0.4, 0.5) is 4.79 Å². The number of aromatic amines is 1. The topological polar surface area (TPSA) is 753 Å². The summed E-state index contributed by atoms with van der Waals surface area (Å²) in [5.41, 5.74) is 65.9. The zero-order chi connectivity index (χ0) is 80.9. The number of carbonyl (C=O) groups excluding carboxylic acids is 2. The fourth-order valence-corrected chi connectivity index (χ4v) is 15.7. The molecular weight excluding hydrogens is 1540 g/mol. The Morgan fingerprint density at radius 2 is 1.33 bits per heavy atom. The second-order valence-electron chi connectivity index (χ2n) is 26.9. The quantitative estimate of drug-likeness (QED) is 0.00292. The number of esters is 1. The van der Waals surface area contributed by atoms with Gasteiger partial charge in [-0.05, 0) is 76.1 Å². The van der Waals surface area contributed by atoms with Gasteiger partial charge in [0.2, 0.25) is 0 Å². The maximum atomic E-state index is 12.8. The number of carbonyl (C=O) groups is 2. The molecule has 49 heteroatoms. The first kappa shape index (κ1) is 90.0. The fraction of sp³-hybridized carbons (Fsp3) is 0.705. The molecule has 4 aliphatic heterocycles. The van der Waals surface area contributed by atoms with E-state index in [-0.39, 0.29) is 86.4 Å². The molecule has 45 nitrogen and oxygen atoms in total. The van der Waals surface area contributed by atoms with Crippen LogP contribution in [0.2, 0.25) is 0 Å². The lowest BCUT2D eigenvalue weighted by molar-refractivity contribution is -0.308. The summed E-state index contributed by atoms with van der Waals surface area (Å²) in [6.07, 6.45) is -26.2. The number of aromatic nitrogens is 2. The predicted molar refractivity (Wildman–Crippen MR) is 400 cm³/mol. The van der Waals surface area contributed by atoms with Crippen LogP contribution < -0.4 is 73.3 Å². The predicted octanol–water partition coefficient (Wildman–Crippen LogP) is -3.92. The molecule has 1 aliphatic carbocycles. The van der Waals surface area contributed by atoms with Gasteiger partial charge in [0.05, 0.1) is 75.3 Å². The van der Waals surface area contributed by atoms with Crippen molar-refractivity contribution in [2.75, 3.05) is 49.4 Å². The standard InChI is InChI=1S/C61H100N21O24PS3/c1-26-22-82(59(91)79-51(26)90)38-20-30(80-81-73)34(99-38)24-97-107(93,94)96-23-27-7-9-29(10-8-27)98-39(83)6-5-15-109-110-17-14-95-13-16-108-25-35-49(104-52-40(77-57(69)70)45(87)43(85)32(100-52)11-12-37(64)76-60(92)106-61(2,3)4)47(89)54(102-35)105-50-42(84)28(19-36(62)63)18-31(75-56(67)68)48(50)103-53-41(78-58(71)72)46(88)44(86)33(101-53)21-74-55(65)66/h7-10,22,28,30-35,38,40-50,52-54,84-89H,5-6,11-21,23-25H2,1-4H3,(H3,62,63)(H,93,94)(H2,64,76,92)(H4,65,66,74)(H4,67,68,75)(H4,69,70,77)(H4,71,72,78)(H,79,90,91)/t28-,30?,31?,32?,33?,34+,35+,38+,40+,41?,42?,43+,44+,45?,46+,47-,48+,49?,50+,52?,53+,54-/m0/s1. The van der Waals surface area contributed by atoms with Crippen LogP contribution in [0.25, 0.3) is 10.4 Å². The van der Waals surface area contributed by atoms with Gasteiger partial charge in [-0.15, -0.1) is 0 Å². The van der Waals surface area contributed by atoms with E-state index in [2.05, 4.69) is 40.0 Å². The van der Waals surface area contributed by atoms with E-state index in [0.29, 0.717) is 35.8 Å². The lowest BCUT2D eigenvalue weighted by Gasteiger charge is -2.47. The Balaban J connectivity index is 0.952. The second kappa shape index (κ2) is 42.0. The monoisotopic (exact) mass is 1640 g/mol. The number of nitrogens with two attached hydrogens (primary N) is 10. The maximum absolute atomic E-state index is 12.8. The Hall–Kier alpha value is -7.23. The first-order chi connectivity index (χ1) is 51.9. The number of H-pyrrole nitrogens is 1. The van der Waals surface area contributed by atoms with E-state index in [1.807, 2.05) is 0 Å². The smallest absolute Gasteiger partial charge is 0.442 e. The van der Waals surface area contributed by atoms with Crippen molar-refractivity contribution in [3.8, 4) is 5.75 Å². The van der Waals surface area contributed by atoms with Gasteiger partial charge in [0, 0.05) is 65.4 Å². The number of ether oxygens (including phenoxy) is 10. The van der Waals surface area contributed by atoms with Crippen molar-refractivity contribution in [1.29, 1.82) is 5.41 Å². The highest BCUT2D eigenvalue weighted by molar-refractivity contribution is 8.76. The van der Waals surface area contributed by atoms with Crippen LogP contribution in [-0.4, -0.2) is 270 Å². The van der Waals surface area contributed by atoms with Crippen molar-refractivity contribution in [2.24, 2.45) is 93.3 Å². The van der Waals surface area contributed by atoms with Crippen LogP contribution in [0, 0.1) is 18.3 Å². The van der Waals surface area contributed by atoms with E-state index in [1.165, 1.54) is 70.7 Å². The summed E-state index contributed by atoms with van der Waals surface area (Å²) in [7, 11) is -1.69. The first-order valence-electron chi connectivity index (χ1n) is 34.5. The Morgan fingerprint density at radius 3 is 1.95 bits per heavy atom. The number of aliphatic imine (C=N–C) groups is 5. The van der Waals surface area contributed by atoms with Gasteiger partial charge in [-0.1, -0.05) is 38.8 Å². The van der Waals surface area contributed by atoms with Gasteiger partial charge in [-0.2, -0.15) is 16.8 Å². The summed E-state index contributed by atoms with van der Waals surface area (Å²) in [6, 6.07) is 0.734. The number of amidine groups is 2. The van der Waals surface area contributed by atoms with Crippen molar-refractivity contribution in [3.05, 3.63) is 72.9 Å². The van der Waals surface area contributed by atoms with Crippen molar-refractivity contribution in [2.45, 2.75) is 213 Å². The van der Waals surface area contributed by atoms with Gasteiger partial charge < -0.3 is 140 Å². The molecule has 1 saturated carbocycles. The lowest BCUT2D eigenvalue weighted by Crippen LogP contribution is -2.63. The molecule has 1 aromatic heterocycles. The van der Waals surface area contributed by atoms with Gasteiger partial charge in [0.1, 0.15) is 90.4 Å². The van der Waals surface area contributed by atoms with Crippen LogP contribution in [0.15, 0.2) is 70.1 Å². The minimum absolute atomic E-state index is 0.00628. The summed E-state index contributed by atoms with van der Waals surface area (Å²) in [5.74, 6) is -2.30. The van der Waals surface area contributed by atoms with Crippen molar-refractivity contribution < 1.29 is 106 Å². The van der Waals surface area contributed by atoms with Gasteiger partial charge in [-0.25, -0.2) is 29.1 Å². The highest BCUT2D eigenvalue weighted by Gasteiger charge is 2.56. The number of phosphoric acid groups is 1. The van der Waals surface area contributed by atoms with Gasteiger partial charge in [-0.3, -0.25) is 38.6 Å². The number of azide groups is 1. The number of guanidine groups is 4. The Labute approximate surface area is 641 Å². The van der Waals surface area contributed by atoms with E-state index >= 15 is 0 Å². The van der Waals surface area contributed by atoms with E-state index in [4.69, 9.17) is 125 Å². The highest BCUT2D eigenvalue weighted by Crippen LogP contribution is 2.46. The van der Waals surface area contributed by atoms with Crippen LogP contribution in [-0.2, 0) is 67.6 Å². The lowest BCUT2D eigenvalue weighted by atomic mass is 9.77. The van der Waals surface area contributed by atoms with Crippen LogP contribution >= 0.6 is 41.2 Å². The summed E-state index contributed by atoms with van der Waals surface area (Å²) in [6.45, 7) is 5.57. The third kappa shape index (κ3) is 27.3. The molecule has 1 aromatic carbocycles. The SMILES string of the molecule is Cc1cn([C@H]2CC(N=[N+]=[N-])[C@@H](COP(=O)(O)OCc3ccc(OC(=O)CCCSSCCOCCSC[C@H]4O[C@@H](O[C@@H]5C(O)[C@H](CC(=N)N)CC(N=C(N)N)[C@H]5O[C@H]5OC(CN=C(N)N)[C@@H](O)[C@H](O)C5N=C(N)N)[C@@H](O)C4OC4OC(CCC(N)=NC(=O)OC(C)(C)C)[C@@H](O)C(O)[C@H]4N=C(N)N)cc3)O2)c(=O)[nH]c1=O. The zero-order valence-electron chi connectivity index (χ0n) is 60.4. The number of hydrogen-bond donors (Lipinski definition) is 19. The largest absolute Gasteiger partial charge is 0.472 e. The molecule has 0 bridgehead atoms. The summed E-state index contributed by atoms with van der Waals surface area (Å²) >= 11 is 1.29. The van der Waals surface area contributed by atoms with Gasteiger partial charge >= 0.3 is 25.6 Å². The molecule has 5 fully saturated rings. The molecule has 29 N–H and O–H groups in total. The van der Waals surface area contributed by atoms with Crippen LogP contribution in [0.1, 0.15) is 83.1 Å². The Kier molecular flexibility index (Phi) is 34.4. The molecule has 110 heavy (non-hydrogen) atoms. The zero-order valence-corrected chi connectivity index (χ0v) is 63.8. The van der Waals surface area contributed by atoms with E-state index < -0.39 is 202 Å². The third-order valence-electron chi connectivity index (χ3n) is 17.2. The minimum Gasteiger partial charge on any atom is -0.442 e.